The second kappa shape index (κ2) is 9.48. The molecule has 6 nitrogen and oxygen atoms in total. The molecule has 0 aliphatic rings. The zero-order valence-corrected chi connectivity index (χ0v) is 18.4. The summed E-state index contributed by atoms with van der Waals surface area (Å²) in [5, 5.41) is 5.76. The van der Waals surface area contributed by atoms with E-state index in [9.17, 15) is 18.0 Å². The van der Waals surface area contributed by atoms with Gasteiger partial charge in [-0.05, 0) is 61.0 Å². The quantitative estimate of drug-likeness (QED) is 0.338. The van der Waals surface area contributed by atoms with Gasteiger partial charge in [-0.25, -0.2) is 15.0 Å². The van der Waals surface area contributed by atoms with Crippen molar-refractivity contribution in [1.29, 1.82) is 0 Å². The fourth-order valence-corrected chi connectivity index (χ4v) is 3.40. The maximum Gasteiger partial charge on any atom is 0.416 e. The van der Waals surface area contributed by atoms with Crippen LogP contribution in [0, 0.1) is 6.92 Å². The number of aromatic nitrogens is 3. The molecule has 0 bridgehead atoms. The fraction of sp³-hybridized carbons (Fsp3) is 0.0833. The Kier molecular flexibility index (Phi) is 6.47. The molecule has 10 heteroatoms. The third-order valence-corrected chi connectivity index (χ3v) is 5.28. The third kappa shape index (κ3) is 5.15. The van der Waals surface area contributed by atoms with Crippen LogP contribution in [0.3, 0.4) is 0 Å². The number of nitrogens with one attached hydrogen (secondary N) is 2. The van der Waals surface area contributed by atoms with E-state index in [2.05, 4.69) is 25.6 Å². The lowest BCUT2D eigenvalue weighted by atomic mass is 10.1. The number of nitrogens with zero attached hydrogens (tertiary/aromatic N) is 3. The molecule has 172 valence electrons. The average Bonchev–Trinajstić information content (AvgIpc) is 2.81. The van der Waals surface area contributed by atoms with Crippen LogP contribution in [0.5, 0.6) is 0 Å². The minimum atomic E-state index is -4.59. The first kappa shape index (κ1) is 23.2. The van der Waals surface area contributed by atoms with Crippen molar-refractivity contribution >= 4 is 34.7 Å². The number of alkyl halides is 3. The molecule has 2 aromatic carbocycles. The van der Waals surface area contributed by atoms with E-state index in [0.717, 1.165) is 29.3 Å². The van der Waals surface area contributed by atoms with E-state index in [-0.39, 0.29) is 10.6 Å². The van der Waals surface area contributed by atoms with Gasteiger partial charge in [-0.15, -0.1) is 0 Å². The lowest BCUT2D eigenvalue weighted by molar-refractivity contribution is -0.137. The van der Waals surface area contributed by atoms with Gasteiger partial charge in [-0.3, -0.25) is 4.79 Å². The second-order valence-corrected chi connectivity index (χ2v) is 7.70. The molecule has 0 aliphatic heterocycles. The van der Waals surface area contributed by atoms with Crippen molar-refractivity contribution in [2.24, 2.45) is 0 Å². The van der Waals surface area contributed by atoms with Gasteiger partial charge < -0.3 is 10.6 Å². The highest BCUT2D eigenvalue weighted by Crippen LogP contribution is 2.33. The Morgan fingerprint density at radius 3 is 2.56 bits per heavy atom. The molecule has 2 heterocycles. The molecule has 34 heavy (non-hydrogen) atoms. The Balaban J connectivity index is 1.61. The van der Waals surface area contributed by atoms with Crippen molar-refractivity contribution in [3.63, 3.8) is 0 Å². The number of hydrogen-bond acceptors (Lipinski definition) is 5. The highest BCUT2D eigenvalue weighted by Gasteiger charge is 2.31. The van der Waals surface area contributed by atoms with Crippen molar-refractivity contribution in [3.05, 3.63) is 95.0 Å². The van der Waals surface area contributed by atoms with Crippen molar-refractivity contribution in [2.75, 3.05) is 10.6 Å². The van der Waals surface area contributed by atoms with Gasteiger partial charge in [0.25, 0.3) is 5.91 Å². The number of carbonyl (C=O) groups excluding carboxylic acids is 1. The van der Waals surface area contributed by atoms with Gasteiger partial charge in [0.15, 0.2) is 0 Å². The molecule has 0 spiro atoms. The molecule has 0 saturated carbocycles. The van der Waals surface area contributed by atoms with E-state index in [1.807, 2.05) is 13.0 Å². The van der Waals surface area contributed by atoms with Crippen molar-refractivity contribution in [3.8, 4) is 11.3 Å². The predicted molar refractivity (Wildman–Crippen MR) is 124 cm³/mol. The first-order valence-electron chi connectivity index (χ1n) is 9.99. The van der Waals surface area contributed by atoms with Gasteiger partial charge in [-0.1, -0.05) is 17.7 Å². The summed E-state index contributed by atoms with van der Waals surface area (Å²) in [5.74, 6) is -0.223. The average molecular weight is 484 g/mol. The summed E-state index contributed by atoms with van der Waals surface area (Å²) in [7, 11) is 0. The minimum Gasteiger partial charge on any atom is -0.339 e. The van der Waals surface area contributed by atoms with Crippen LogP contribution >= 0.6 is 11.6 Å². The van der Waals surface area contributed by atoms with Gasteiger partial charge in [0, 0.05) is 29.3 Å². The fourth-order valence-electron chi connectivity index (χ4n) is 3.20. The minimum absolute atomic E-state index is 0.0843. The second-order valence-electron chi connectivity index (χ2n) is 7.30. The normalized spacial score (nSPS) is 11.2. The van der Waals surface area contributed by atoms with Gasteiger partial charge >= 0.3 is 6.18 Å². The Hall–Kier alpha value is -3.98. The topological polar surface area (TPSA) is 79.8 Å². The molecular formula is C24H17ClF3N5O. The van der Waals surface area contributed by atoms with E-state index in [1.165, 1.54) is 6.33 Å². The molecule has 1 amide bonds. The van der Waals surface area contributed by atoms with Gasteiger partial charge in [-0.2, -0.15) is 13.2 Å². The number of pyridine rings is 1. The highest BCUT2D eigenvalue weighted by atomic mass is 35.5. The Labute approximate surface area is 197 Å². The standard InChI is InChI=1S/C24H17ClF3N5O/c1-14-4-6-16(32-23(34)18-11-15(24(26,27)28)5-7-19(18)25)12-21(14)33-22-17(3-2-9-30-22)20-8-10-29-13-31-20/h2-13H,1H3,(H,30,33)(H,32,34). The van der Waals surface area contributed by atoms with Crippen LogP contribution in [0.4, 0.5) is 30.4 Å². The summed E-state index contributed by atoms with van der Waals surface area (Å²) in [5.41, 5.74) is 2.05. The third-order valence-electron chi connectivity index (χ3n) is 4.95. The first-order chi connectivity index (χ1) is 16.2. The molecule has 2 aromatic heterocycles. The molecule has 0 saturated heterocycles. The Bertz CT molecular complexity index is 1350. The lowest BCUT2D eigenvalue weighted by Gasteiger charge is -2.15. The van der Waals surface area contributed by atoms with E-state index in [1.54, 1.807) is 42.7 Å². The van der Waals surface area contributed by atoms with Crippen molar-refractivity contribution < 1.29 is 18.0 Å². The molecule has 0 aliphatic carbocycles. The van der Waals surface area contributed by atoms with Crippen molar-refractivity contribution in [2.45, 2.75) is 13.1 Å². The van der Waals surface area contributed by atoms with Crippen LogP contribution in [0.1, 0.15) is 21.5 Å². The number of carbonyl (C=O) groups is 1. The molecule has 4 rings (SSSR count). The molecule has 0 fully saturated rings. The highest BCUT2D eigenvalue weighted by molar-refractivity contribution is 6.34. The van der Waals surface area contributed by atoms with E-state index in [4.69, 9.17) is 11.6 Å². The smallest absolute Gasteiger partial charge is 0.339 e. The number of benzene rings is 2. The predicted octanol–water partition coefficient (Wildman–Crippen LogP) is 6.52. The van der Waals surface area contributed by atoms with Crippen LogP contribution in [0.25, 0.3) is 11.3 Å². The Morgan fingerprint density at radius 2 is 1.82 bits per heavy atom. The molecule has 4 aromatic rings. The first-order valence-corrected chi connectivity index (χ1v) is 10.4. The zero-order chi connectivity index (χ0) is 24.3. The van der Waals surface area contributed by atoms with Crippen LogP contribution < -0.4 is 10.6 Å². The van der Waals surface area contributed by atoms with Crippen LogP contribution in [0.2, 0.25) is 5.02 Å². The Morgan fingerprint density at radius 1 is 1.00 bits per heavy atom. The van der Waals surface area contributed by atoms with Crippen LogP contribution in [-0.2, 0) is 6.18 Å². The van der Waals surface area contributed by atoms with Crippen LogP contribution in [-0.4, -0.2) is 20.9 Å². The summed E-state index contributed by atoms with van der Waals surface area (Å²) in [6.07, 6.45) is 0.0973. The summed E-state index contributed by atoms with van der Waals surface area (Å²) in [6.45, 7) is 1.87. The molecule has 2 N–H and O–H groups in total. The van der Waals surface area contributed by atoms with Crippen molar-refractivity contribution in [1.82, 2.24) is 15.0 Å². The lowest BCUT2D eigenvalue weighted by Crippen LogP contribution is -2.15. The van der Waals surface area contributed by atoms with E-state index < -0.39 is 17.6 Å². The van der Waals surface area contributed by atoms with Crippen LogP contribution in [0.15, 0.2) is 73.3 Å². The summed E-state index contributed by atoms with van der Waals surface area (Å²) < 4.78 is 39.2. The molecule has 0 atom stereocenters. The summed E-state index contributed by atoms with van der Waals surface area (Å²) in [6, 6.07) is 13.1. The van der Waals surface area contributed by atoms with E-state index >= 15 is 0 Å². The number of aryl methyl sites for hydroxylation is 1. The molecule has 0 radical (unpaired) electrons. The number of halogens is 4. The number of rotatable bonds is 5. The maximum atomic E-state index is 13.1. The monoisotopic (exact) mass is 483 g/mol. The van der Waals surface area contributed by atoms with Gasteiger partial charge in [0.1, 0.15) is 12.1 Å². The SMILES string of the molecule is Cc1ccc(NC(=O)c2cc(C(F)(F)F)ccc2Cl)cc1Nc1ncccc1-c1ccncn1. The summed E-state index contributed by atoms with van der Waals surface area (Å²) >= 11 is 5.99. The maximum absolute atomic E-state index is 13.1. The summed E-state index contributed by atoms with van der Waals surface area (Å²) in [4.78, 5) is 25.3. The zero-order valence-electron chi connectivity index (χ0n) is 17.7. The van der Waals surface area contributed by atoms with Gasteiger partial charge in [0.2, 0.25) is 0 Å². The molecule has 0 unspecified atom stereocenters. The molecular weight excluding hydrogens is 467 g/mol. The number of amides is 1. The van der Waals surface area contributed by atoms with Gasteiger partial charge in [0.05, 0.1) is 21.8 Å². The number of hydrogen-bond donors (Lipinski definition) is 2. The largest absolute Gasteiger partial charge is 0.416 e. The van der Waals surface area contributed by atoms with E-state index in [0.29, 0.717) is 22.9 Å². The number of anilines is 3.